The van der Waals surface area contributed by atoms with Gasteiger partial charge in [-0.25, -0.2) is 4.39 Å². The number of nitrogens with zero attached hydrogens (tertiary/aromatic N) is 1. The third-order valence-corrected chi connectivity index (χ3v) is 1.92. The third kappa shape index (κ3) is 3.22. The molecule has 80 valence electrons. The molecule has 0 atom stereocenters. The van der Waals surface area contributed by atoms with E-state index in [4.69, 9.17) is 10.00 Å². The van der Waals surface area contributed by atoms with E-state index in [1.807, 2.05) is 7.05 Å². The molecule has 0 aromatic heterocycles. The van der Waals surface area contributed by atoms with Crippen LogP contribution in [0.2, 0.25) is 0 Å². The fourth-order valence-corrected chi connectivity index (χ4v) is 1.16. The van der Waals surface area contributed by atoms with Crippen LogP contribution < -0.4 is 10.1 Å². The van der Waals surface area contributed by atoms with Crippen LogP contribution in [-0.2, 0) is 0 Å². The lowest BCUT2D eigenvalue weighted by atomic mass is 10.2. The van der Waals surface area contributed by atoms with E-state index in [9.17, 15) is 4.39 Å². The van der Waals surface area contributed by atoms with Gasteiger partial charge in [0.15, 0.2) is 0 Å². The molecule has 0 unspecified atom stereocenters. The Morgan fingerprint density at radius 1 is 1.53 bits per heavy atom. The highest BCUT2D eigenvalue weighted by Crippen LogP contribution is 2.20. The molecule has 1 rings (SSSR count). The minimum Gasteiger partial charge on any atom is -0.492 e. The number of nitrogens with one attached hydrogen (secondary N) is 1. The van der Waals surface area contributed by atoms with Crippen molar-refractivity contribution >= 4 is 0 Å². The molecule has 0 aliphatic carbocycles. The summed E-state index contributed by atoms with van der Waals surface area (Å²) < 4.78 is 18.4. The fourth-order valence-electron chi connectivity index (χ4n) is 1.16. The van der Waals surface area contributed by atoms with E-state index in [1.165, 1.54) is 12.1 Å². The molecular weight excluding hydrogens is 195 g/mol. The number of hydrogen-bond donors (Lipinski definition) is 1. The summed E-state index contributed by atoms with van der Waals surface area (Å²) in [5, 5.41) is 11.7. The molecule has 0 heterocycles. The molecule has 0 aliphatic heterocycles. The normalized spacial score (nSPS) is 9.67. The molecule has 1 aromatic carbocycles. The Morgan fingerprint density at radius 3 is 3.00 bits per heavy atom. The van der Waals surface area contributed by atoms with Crippen molar-refractivity contribution in [2.75, 3.05) is 20.2 Å². The molecule has 1 N–H and O–H groups in total. The van der Waals surface area contributed by atoms with Crippen molar-refractivity contribution in [2.24, 2.45) is 0 Å². The largest absolute Gasteiger partial charge is 0.492 e. The highest BCUT2D eigenvalue weighted by Gasteiger charge is 2.07. The van der Waals surface area contributed by atoms with Crippen molar-refractivity contribution in [3.05, 3.63) is 29.6 Å². The smallest absolute Gasteiger partial charge is 0.144 e. The zero-order valence-electron chi connectivity index (χ0n) is 8.59. The van der Waals surface area contributed by atoms with Crippen LogP contribution in [-0.4, -0.2) is 20.2 Å². The van der Waals surface area contributed by atoms with Gasteiger partial charge in [-0.2, -0.15) is 5.26 Å². The van der Waals surface area contributed by atoms with Gasteiger partial charge in [0.05, 0.1) is 6.61 Å². The van der Waals surface area contributed by atoms with Gasteiger partial charge in [-0.1, -0.05) is 6.07 Å². The first-order chi connectivity index (χ1) is 7.29. The lowest BCUT2D eigenvalue weighted by molar-refractivity contribution is 0.307. The molecule has 3 nitrogen and oxygen atoms in total. The minimum atomic E-state index is -0.538. The summed E-state index contributed by atoms with van der Waals surface area (Å²) in [5.74, 6) is -0.225. The van der Waals surface area contributed by atoms with E-state index in [1.54, 1.807) is 12.1 Å². The van der Waals surface area contributed by atoms with Crippen molar-refractivity contribution in [2.45, 2.75) is 6.42 Å². The molecule has 0 bridgehead atoms. The van der Waals surface area contributed by atoms with Crippen LogP contribution in [0.3, 0.4) is 0 Å². The SMILES string of the molecule is CNCCCOc1cccc(F)c1C#N. The van der Waals surface area contributed by atoms with E-state index in [0.29, 0.717) is 12.4 Å². The molecule has 15 heavy (non-hydrogen) atoms. The van der Waals surface area contributed by atoms with Crippen molar-refractivity contribution in [3.63, 3.8) is 0 Å². The lowest BCUT2D eigenvalue weighted by Crippen LogP contribution is -2.12. The average Bonchev–Trinajstić information content (AvgIpc) is 2.24. The van der Waals surface area contributed by atoms with Crippen LogP contribution in [0.1, 0.15) is 12.0 Å². The Kier molecular flexibility index (Phi) is 4.58. The van der Waals surface area contributed by atoms with Gasteiger partial charge in [0.2, 0.25) is 0 Å². The molecule has 0 aliphatic rings. The topological polar surface area (TPSA) is 45.0 Å². The van der Waals surface area contributed by atoms with Crippen molar-refractivity contribution in [1.29, 1.82) is 5.26 Å². The van der Waals surface area contributed by atoms with E-state index in [0.717, 1.165) is 13.0 Å². The van der Waals surface area contributed by atoms with Crippen molar-refractivity contribution < 1.29 is 9.13 Å². The highest BCUT2D eigenvalue weighted by atomic mass is 19.1. The molecular formula is C11H13FN2O. The summed E-state index contributed by atoms with van der Waals surface area (Å²) >= 11 is 0. The molecule has 0 spiro atoms. The van der Waals surface area contributed by atoms with Gasteiger partial charge in [0, 0.05) is 0 Å². The van der Waals surface area contributed by atoms with Crippen molar-refractivity contribution in [3.8, 4) is 11.8 Å². The molecule has 0 radical (unpaired) electrons. The fraction of sp³-hybridized carbons (Fsp3) is 0.364. The predicted octanol–water partition coefficient (Wildman–Crippen LogP) is 1.69. The van der Waals surface area contributed by atoms with Gasteiger partial charge in [0.1, 0.15) is 23.2 Å². The van der Waals surface area contributed by atoms with Crippen LogP contribution in [0, 0.1) is 17.1 Å². The van der Waals surface area contributed by atoms with Crippen molar-refractivity contribution in [1.82, 2.24) is 5.32 Å². The monoisotopic (exact) mass is 208 g/mol. The Balaban J connectivity index is 2.61. The third-order valence-electron chi connectivity index (χ3n) is 1.92. The maximum absolute atomic E-state index is 13.1. The summed E-state index contributed by atoms with van der Waals surface area (Å²) in [7, 11) is 1.85. The van der Waals surface area contributed by atoms with Gasteiger partial charge in [-0.3, -0.25) is 0 Å². The van der Waals surface area contributed by atoms with Gasteiger partial charge in [-0.15, -0.1) is 0 Å². The number of halogens is 1. The van der Waals surface area contributed by atoms with E-state index < -0.39 is 5.82 Å². The summed E-state index contributed by atoms with van der Waals surface area (Å²) in [5.41, 5.74) is -0.0260. The zero-order chi connectivity index (χ0) is 11.1. The summed E-state index contributed by atoms with van der Waals surface area (Å²) in [6.45, 7) is 1.30. The standard InChI is InChI=1S/C11H13FN2O/c1-14-6-3-7-15-11-5-2-4-10(12)9(11)8-13/h2,4-5,14H,3,6-7H2,1H3. The van der Waals surface area contributed by atoms with Gasteiger partial charge in [0.25, 0.3) is 0 Å². The molecule has 0 amide bonds. The second kappa shape index (κ2) is 5.99. The Labute approximate surface area is 88.5 Å². The summed E-state index contributed by atoms with van der Waals surface area (Å²) in [4.78, 5) is 0. The molecule has 0 saturated carbocycles. The number of rotatable bonds is 5. The summed E-state index contributed by atoms with van der Waals surface area (Å²) in [6.07, 6.45) is 0.817. The van der Waals surface area contributed by atoms with E-state index >= 15 is 0 Å². The first-order valence-electron chi connectivity index (χ1n) is 4.75. The van der Waals surface area contributed by atoms with E-state index in [-0.39, 0.29) is 5.56 Å². The minimum absolute atomic E-state index is 0.0260. The Bertz CT molecular complexity index is 360. The zero-order valence-corrected chi connectivity index (χ0v) is 8.59. The van der Waals surface area contributed by atoms with Crippen LogP contribution in [0.15, 0.2) is 18.2 Å². The van der Waals surface area contributed by atoms with Crippen LogP contribution in [0.5, 0.6) is 5.75 Å². The maximum Gasteiger partial charge on any atom is 0.144 e. The average molecular weight is 208 g/mol. The quantitative estimate of drug-likeness (QED) is 0.749. The Morgan fingerprint density at radius 2 is 2.33 bits per heavy atom. The first kappa shape index (κ1) is 11.5. The lowest BCUT2D eigenvalue weighted by Gasteiger charge is -2.07. The maximum atomic E-state index is 13.1. The molecule has 1 aromatic rings. The predicted molar refractivity (Wildman–Crippen MR) is 55.2 cm³/mol. The second-order valence-electron chi connectivity index (χ2n) is 3.03. The van der Waals surface area contributed by atoms with Crippen LogP contribution >= 0.6 is 0 Å². The van der Waals surface area contributed by atoms with Gasteiger partial charge >= 0.3 is 0 Å². The van der Waals surface area contributed by atoms with Crippen LogP contribution in [0.4, 0.5) is 4.39 Å². The first-order valence-corrected chi connectivity index (χ1v) is 4.75. The molecule has 4 heteroatoms. The molecule has 0 saturated heterocycles. The summed E-state index contributed by atoms with van der Waals surface area (Å²) in [6, 6.07) is 6.17. The number of nitriles is 1. The number of benzene rings is 1. The number of hydrogen-bond acceptors (Lipinski definition) is 3. The number of ether oxygens (including phenoxy) is 1. The van der Waals surface area contributed by atoms with Gasteiger partial charge < -0.3 is 10.1 Å². The van der Waals surface area contributed by atoms with Crippen LogP contribution in [0.25, 0.3) is 0 Å². The van der Waals surface area contributed by atoms with E-state index in [2.05, 4.69) is 5.32 Å². The Hall–Kier alpha value is -1.60. The van der Waals surface area contributed by atoms with Gasteiger partial charge in [-0.05, 0) is 32.1 Å². The molecule has 0 fully saturated rings. The highest BCUT2D eigenvalue weighted by molar-refractivity contribution is 5.43. The second-order valence-corrected chi connectivity index (χ2v) is 3.03.